The topological polar surface area (TPSA) is 58.6 Å². The zero-order valence-electron chi connectivity index (χ0n) is 15.6. The van der Waals surface area contributed by atoms with Crippen molar-refractivity contribution >= 4 is 28.8 Å². The van der Waals surface area contributed by atoms with Crippen LogP contribution in [0.2, 0.25) is 0 Å². The molecule has 29 heavy (non-hydrogen) atoms. The van der Waals surface area contributed by atoms with Crippen LogP contribution < -0.4 is 15.0 Å². The van der Waals surface area contributed by atoms with E-state index in [0.717, 1.165) is 4.90 Å². The van der Waals surface area contributed by atoms with Crippen molar-refractivity contribution in [3.05, 3.63) is 95.9 Å². The predicted molar refractivity (Wildman–Crippen MR) is 109 cm³/mol. The Balaban J connectivity index is 1.86. The van der Waals surface area contributed by atoms with E-state index in [9.17, 15) is 14.0 Å². The fraction of sp³-hybridized carbons (Fsp3) is 0.0435. The number of para-hydroxylation sites is 2. The number of hydrogen-bond acceptors (Lipinski definition) is 4. The lowest BCUT2D eigenvalue weighted by molar-refractivity contribution is -0.120. The molecule has 1 heterocycles. The molecule has 0 aromatic heterocycles. The van der Waals surface area contributed by atoms with Crippen LogP contribution in [0.15, 0.2) is 84.6 Å². The smallest absolute Gasteiger partial charge is 0.282 e. The zero-order valence-corrected chi connectivity index (χ0v) is 15.6. The van der Waals surface area contributed by atoms with Gasteiger partial charge in [-0.25, -0.2) is 9.29 Å². The summed E-state index contributed by atoms with van der Waals surface area (Å²) < 4.78 is 18.7. The summed E-state index contributed by atoms with van der Waals surface area (Å²) in [5, 5.41) is 3.07. The Labute approximate surface area is 167 Å². The van der Waals surface area contributed by atoms with Crippen molar-refractivity contribution in [1.29, 1.82) is 0 Å². The van der Waals surface area contributed by atoms with E-state index in [0.29, 0.717) is 22.7 Å². The van der Waals surface area contributed by atoms with Crippen LogP contribution in [-0.2, 0) is 9.59 Å². The maximum absolute atomic E-state index is 13.3. The molecule has 0 unspecified atom stereocenters. The summed E-state index contributed by atoms with van der Waals surface area (Å²) >= 11 is 0. The molecule has 0 saturated carbocycles. The Kier molecular flexibility index (Phi) is 4.83. The van der Waals surface area contributed by atoms with Gasteiger partial charge in [0.15, 0.2) is 0 Å². The number of anilines is 2. The normalized spacial score (nSPS) is 13.8. The summed E-state index contributed by atoms with van der Waals surface area (Å²) in [6, 6.07) is 21.3. The number of nitrogens with one attached hydrogen (secondary N) is 1. The van der Waals surface area contributed by atoms with Crippen molar-refractivity contribution in [2.24, 2.45) is 0 Å². The summed E-state index contributed by atoms with van der Waals surface area (Å²) in [5.41, 5.74) is 1.78. The van der Waals surface area contributed by atoms with E-state index in [1.54, 1.807) is 36.4 Å². The van der Waals surface area contributed by atoms with Gasteiger partial charge in [0, 0.05) is 11.3 Å². The molecule has 144 valence electrons. The van der Waals surface area contributed by atoms with Crippen LogP contribution in [-0.4, -0.2) is 18.9 Å². The number of carbonyl (C=O) groups is 2. The summed E-state index contributed by atoms with van der Waals surface area (Å²) in [6.45, 7) is 0. The van der Waals surface area contributed by atoms with Gasteiger partial charge in [-0.15, -0.1) is 0 Å². The first-order chi connectivity index (χ1) is 14.1. The molecule has 0 radical (unpaired) electrons. The molecular weight excluding hydrogens is 371 g/mol. The van der Waals surface area contributed by atoms with E-state index >= 15 is 0 Å². The molecule has 2 amide bonds. The number of hydrogen-bond donors (Lipinski definition) is 1. The number of amides is 2. The van der Waals surface area contributed by atoms with Crippen molar-refractivity contribution in [1.82, 2.24) is 0 Å². The summed E-state index contributed by atoms with van der Waals surface area (Å²) in [6.07, 6.45) is 0. The van der Waals surface area contributed by atoms with E-state index < -0.39 is 17.6 Å². The second-order valence-electron chi connectivity index (χ2n) is 6.36. The standard InChI is InChI=1S/C23H17FN2O3/c1-29-19-10-6-5-9-18(19)20-21(25-16-7-3-2-4-8-16)23(28)26(22(20)27)17-13-11-15(24)12-14-17/h2-14,25H,1H3. The summed E-state index contributed by atoms with van der Waals surface area (Å²) in [4.78, 5) is 27.6. The second kappa shape index (κ2) is 7.59. The number of imide groups is 1. The first-order valence-electron chi connectivity index (χ1n) is 8.94. The molecular formula is C23H17FN2O3. The molecule has 0 saturated heterocycles. The number of carbonyl (C=O) groups excluding carboxylic acids is 2. The van der Waals surface area contributed by atoms with Gasteiger partial charge in [0.05, 0.1) is 18.4 Å². The van der Waals surface area contributed by atoms with Gasteiger partial charge in [0.25, 0.3) is 11.8 Å². The van der Waals surface area contributed by atoms with Crippen molar-refractivity contribution in [3.63, 3.8) is 0 Å². The molecule has 3 aromatic carbocycles. The van der Waals surface area contributed by atoms with E-state index in [2.05, 4.69) is 5.32 Å². The highest BCUT2D eigenvalue weighted by molar-refractivity contribution is 6.46. The first kappa shape index (κ1) is 18.4. The van der Waals surface area contributed by atoms with Crippen LogP contribution in [0, 0.1) is 5.82 Å². The Morgan fingerprint density at radius 3 is 2.17 bits per heavy atom. The van der Waals surface area contributed by atoms with Gasteiger partial charge in [-0.3, -0.25) is 9.59 Å². The van der Waals surface area contributed by atoms with E-state index in [4.69, 9.17) is 4.74 Å². The van der Waals surface area contributed by atoms with Gasteiger partial charge < -0.3 is 10.1 Å². The summed E-state index contributed by atoms with van der Waals surface area (Å²) in [7, 11) is 1.50. The molecule has 0 bridgehead atoms. The number of methoxy groups -OCH3 is 1. The molecule has 6 heteroatoms. The highest BCUT2D eigenvalue weighted by Crippen LogP contribution is 2.37. The third-order valence-corrected chi connectivity index (χ3v) is 4.59. The number of halogens is 1. The second-order valence-corrected chi connectivity index (χ2v) is 6.36. The van der Waals surface area contributed by atoms with Crippen molar-refractivity contribution < 1.29 is 18.7 Å². The quantitative estimate of drug-likeness (QED) is 0.665. The monoisotopic (exact) mass is 388 g/mol. The highest BCUT2D eigenvalue weighted by atomic mass is 19.1. The lowest BCUT2D eigenvalue weighted by Crippen LogP contribution is -2.32. The number of ether oxygens (including phenoxy) is 1. The van der Waals surface area contributed by atoms with E-state index in [1.165, 1.54) is 31.4 Å². The Morgan fingerprint density at radius 1 is 0.828 bits per heavy atom. The number of nitrogens with zero attached hydrogens (tertiary/aromatic N) is 1. The maximum Gasteiger partial charge on any atom is 0.282 e. The van der Waals surface area contributed by atoms with Gasteiger partial charge in [0.2, 0.25) is 0 Å². The van der Waals surface area contributed by atoms with Crippen LogP contribution in [0.4, 0.5) is 15.8 Å². The van der Waals surface area contributed by atoms with E-state index in [1.807, 2.05) is 18.2 Å². The lowest BCUT2D eigenvalue weighted by Gasteiger charge is -2.15. The van der Waals surface area contributed by atoms with Crippen LogP contribution in [0.5, 0.6) is 5.75 Å². The average Bonchev–Trinajstić information content (AvgIpc) is 2.99. The van der Waals surface area contributed by atoms with Gasteiger partial charge >= 0.3 is 0 Å². The Bertz CT molecular complexity index is 1110. The minimum Gasteiger partial charge on any atom is -0.496 e. The predicted octanol–water partition coefficient (Wildman–Crippen LogP) is 4.23. The third-order valence-electron chi connectivity index (χ3n) is 4.59. The average molecular weight is 388 g/mol. The first-order valence-corrected chi connectivity index (χ1v) is 8.94. The van der Waals surface area contributed by atoms with Crippen molar-refractivity contribution in [2.75, 3.05) is 17.3 Å². The highest BCUT2D eigenvalue weighted by Gasteiger charge is 2.41. The van der Waals surface area contributed by atoms with E-state index in [-0.39, 0.29) is 11.3 Å². The minimum absolute atomic E-state index is 0.134. The third kappa shape index (κ3) is 3.36. The molecule has 0 spiro atoms. The molecule has 0 fully saturated rings. The van der Waals surface area contributed by atoms with Gasteiger partial charge in [-0.1, -0.05) is 36.4 Å². The molecule has 3 aromatic rings. The van der Waals surface area contributed by atoms with Crippen LogP contribution in [0.1, 0.15) is 5.56 Å². The molecule has 5 nitrogen and oxygen atoms in total. The van der Waals surface area contributed by atoms with Crippen LogP contribution in [0.3, 0.4) is 0 Å². The number of benzene rings is 3. The molecule has 0 atom stereocenters. The Morgan fingerprint density at radius 2 is 1.48 bits per heavy atom. The molecule has 4 rings (SSSR count). The maximum atomic E-state index is 13.3. The SMILES string of the molecule is COc1ccccc1C1=C(Nc2ccccc2)C(=O)N(c2ccc(F)cc2)C1=O. The molecule has 1 N–H and O–H groups in total. The van der Waals surface area contributed by atoms with Gasteiger partial charge in [-0.05, 0) is 42.5 Å². The fourth-order valence-electron chi connectivity index (χ4n) is 3.24. The minimum atomic E-state index is -0.522. The van der Waals surface area contributed by atoms with Crippen molar-refractivity contribution in [2.45, 2.75) is 0 Å². The molecule has 1 aliphatic heterocycles. The van der Waals surface area contributed by atoms with Crippen LogP contribution in [0.25, 0.3) is 5.57 Å². The molecule has 1 aliphatic rings. The fourth-order valence-corrected chi connectivity index (χ4v) is 3.24. The van der Waals surface area contributed by atoms with Crippen LogP contribution >= 0.6 is 0 Å². The van der Waals surface area contributed by atoms with Gasteiger partial charge in [0.1, 0.15) is 17.3 Å². The van der Waals surface area contributed by atoms with Gasteiger partial charge in [-0.2, -0.15) is 0 Å². The summed E-state index contributed by atoms with van der Waals surface area (Å²) in [5.74, 6) is -1.01. The number of rotatable bonds is 5. The zero-order chi connectivity index (χ0) is 20.4. The largest absolute Gasteiger partial charge is 0.496 e. The van der Waals surface area contributed by atoms with Crippen molar-refractivity contribution in [3.8, 4) is 5.75 Å². The lowest BCUT2D eigenvalue weighted by atomic mass is 10.0. The Hall–Kier alpha value is -3.93. The molecule has 0 aliphatic carbocycles.